The number of furan rings is 1. The third-order valence-electron chi connectivity index (χ3n) is 4.90. The lowest BCUT2D eigenvalue weighted by Gasteiger charge is -2.09. The number of fused-ring (bicyclic) bond motifs is 1. The van der Waals surface area contributed by atoms with Crippen LogP contribution in [0, 0.1) is 0 Å². The molecule has 0 unspecified atom stereocenters. The molecule has 0 fully saturated rings. The minimum Gasteiger partial charge on any atom is -0.468 e. The zero-order valence-corrected chi connectivity index (χ0v) is 17.7. The van der Waals surface area contributed by atoms with E-state index >= 15 is 0 Å². The predicted octanol–water partition coefficient (Wildman–Crippen LogP) is 3.06. The first kappa shape index (κ1) is 20.8. The van der Waals surface area contributed by atoms with Crippen molar-refractivity contribution in [2.75, 3.05) is 0 Å². The van der Waals surface area contributed by atoms with Crippen molar-refractivity contribution < 1.29 is 17.6 Å². The molecule has 0 saturated carbocycles. The molecule has 9 heteroatoms. The summed E-state index contributed by atoms with van der Waals surface area (Å²) in [4.78, 5) is 17.2. The molecular formula is C22H22N4O4S. The summed E-state index contributed by atoms with van der Waals surface area (Å²) < 4.78 is 34.5. The maximum atomic E-state index is 12.5. The van der Waals surface area contributed by atoms with Gasteiger partial charge in [0.1, 0.15) is 11.6 Å². The van der Waals surface area contributed by atoms with Crippen molar-refractivity contribution in [3.05, 3.63) is 84.1 Å². The van der Waals surface area contributed by atoms with Gasteiger partial charge >= 0.3 is 0 Å². The molecule has 0 aliphatic rings. The van der Waals surface area contributed by atoms with Crippen molar-refractivity contribution in [1.82, 2.24) is 19.6 Å². The van der Waals surface area contributed by atoms with Crippen LogP contribution in [0.4, 0.5) is 0 Å². The molecule has 31 heavy (non-hydrogen) atoms. The number of benzene rings is 2. The molecule has 1 amide bonds. The van der Waals surface area contributed by atoms with Crippen LogP contribution in [0.25, 0.3) is 11.0 Å². The molecule has 0 saturated heterocycles. The lowest BCUT2D eigenvalue weighted by molar-refractivity contribution is 0.0949. The minimum absolute atomic E-state index is 0.0516. The van der Waals surface area contributed by atoms with Gasteiger partial charge in [0.05, 0.1) is 35.3 Å². The van der Waals surface area contributed by atoms with E-state index in [1.165, 1.54) is 30.5 Å². The largest absolute Gasteiger partial charge is 0.468 e. The first-order chi connectivity index (χ1) is 15.0. The normalized spacial score (nSPS) is 11.6. The molecule has 4 aromatic rings. The third kappa shape index (κ3) is 4.52. The number of imidazole rings is 1. The number of hydrogen-bond donors (Lipinski definition) is 2. The van der Waals surface area contributed by atoms with E-state index in [4.69, 9.17) is 4.42 Å². The van der Waals surface area contributed by atoms with Crippen molar-refractivity contribution in [3.63, 3.8) is 0 Å². The molecule has 0 radical (unpaired) electrons. The quantitative estimate of drug-likeness (QED) is 0.440. The van der Waals surface area contributed by atoms with Crippen LogP contribution in [0.3, 0.4) is 0 Å². The Labute approximate surface area is 180 Å². The summed E-state index contributed by atoms with van der Waals surface area (Å²) in [5.41, 5.74) is 2.26. The number of para-hydroxylation sites is 2. The Balaban J connectivity index is 1.42. The van der Waals surface area contributed by atoms with E-state index in [9.17, 15) is 13.2 Å². The van der Waals surface area contributed by atoms with Crippen LogP contribution in [0.15, 0.2) is 76.2 Å². The van der Waals surface area contributed by atoms with E-state index in [-0.39, 0.29) is 23.9 Å². The number of aryl methyl sites for hydroxylation is 1. The second-order valence-corrected chi connectivity index (χ2v) is 8.64. The molecule has 0 bridgehead atoms. The van der Waals surface area contributed by atoms with Crippen LogP contribution in [-0.4, -0.2) is 23.9 Å². The number of amides is 1. The Kier molecular flexibility index (Phi) is 5.88. The van der Waals surface area contributed by atoms with E-state index in [0.29, 0.717) is 11.3 Å². The molecule has 2 heterocycles. The van der Waals surface area contributed by atoms with Gasteiger partial charge in [0, 0.05) is 12.1 Å². The number of carbonyl (C=O) groups excluding carboxylic acids is 1. The number of hydrogen-bond acceptors (Lipinski definition) is 5. The number of aromatic nitrogens is 2. The van der Waals surface area contributed by atoms with Crippen molar-refractivity contribution in [1.29, 1.82) is 0 Å². The Morgan fingerprint density at radius 2 is 1.81 bits per heavy atom. The van der Waals surface area contributed by atoms with Crippen LogP contribution in [0.5, 0.6) is 0 Å². The van der Waals surface area contributed by atoms with E-state index in [1.54, 1.807) is 12.1 Å². The van der Waals surface area contributed by atoms with Crippen LogP contribution in [0.2, 0.25) is 0 Å². The Bertz CT molecular complexity index is 1290. The van der Waals surface area contributed by atoms with E-state index < -0.39 is 10.0 Å². The van der Waals surface area contributed by atoms with Crippen LogP contribution in [-0.2, 0) is 29.7 Å². The van der Waals surface area contributed by atoms with Gasteiger partial charge in [0.15, 0.2) is 0 Å². The van der Waals surface area contributed by atoms with Gasteiger partial charge in [0.25, 0.3) is 5.91 Å². The number of rotatable bonds is 8. The van der Waals surface area contributed by atoms with Crippen LogP contribution < -0.4 is 10.0 Å². The molecule has 2 aromatic heterocycles. The first-order valence-electron chi connectivity index (χ1n) is 9.82. The van der Waals surface area contributed by atoms with Crippen molar-refractivity contribution in [2.24, 2.45) is 0 Å². The summed E-state index contributed by atoms with van der Waals surface area (Å²) >= 11 is 0. The molecule has 8 nitrogen and oxygen atoms in total. The SMILES string of the molecule is CCn1c(CNC(=O)c2ccc(S(=O)(=O)NCc3ccco3)cc2)nc2ccccc21. The van der Waals surface area contributed by atoms with Crippen molar-refractivity contribution in [3.8, 4) is 0 Å². The molecule has 0 atom stereocenters. The minimum atomic E-state index is -3.71. The van der Waals surface area contributed by atoms with Gasteiger partial charge in [-0.1, -0.05) is 12.1 Å². The second kappa shape index (κ2) is 8.75. The Hall–Kier alpha value is -3.43. The van der Waals surface area contributed by atoms with Gasteiger partial charge in [-0.15, -0.1) is 0 Å². The zero-order chi connectivity index (χ0) is 21.8. The number of sulfonamides is 1. The summed E-state index contributed by atoms with van der Waals surface area (Å²) in [7, 11) is -3.71. The lowest BCUT2D eigenvalue weighted by Crippen LogP contribution is -2.25. The fraction of sp³-hybridized carbons (Fsp3) is 0.182. The Morgan fingerprint density at radius 1 is 1.03 bits per heavy atom. The molecule has 4 rings (SSSR count). The molecule has 2 N–H and O–H groups in total. The first-order valence-corrected chi connectivity index (χ1v) is 11.3. The maximum Gasteiger partial charge on any atom is 0.251 e. The molecular weight excluding hydrogens is 416 g/mol. The molecule has 0 aliphatic heterocycles. The topological polar surface area (TPSA) is 106 Å². The van der Waals surface area contributed by atoms with E-state index in [2.05, 4.69) is 19.6 Å². The average Bonchev–Trinajstić information content (AvgIpc) is 3.43. The fourth-order valence-electron chi connectivity index (χ4n) is 3.32. The van der Waals surface area contributed by atoms with Gasteiger partial charge in [-0.2, -0.15) is 0 Å². The monoisotopic (exact) mass is 438 g/mol. The van der Waals surface area contributed by atoms with Gasteiger partial charge in [-0.25, -0.2) is 18.1 Å². The Morgan fingerprint density at radius 3 is 2.52 bits per heavy atom. The highest BCUT2D eigenvalue weighted by Gasteiger charge is 2.16. The van der Waals surface area contributed by atoms with Crippen molar-refractivity contribution >= 4 is 27.0 Å². The van der Waals surface area contributed by atoms with E-state index in [0.717, 1.165) is 23.4 Å². The third-order valence-corrected chi connectivity index (χ3v) is 6.32. The highest BCUT2D eigenvalue weighted by atomic mass is 32.2. The van der Waals surface area contributed by atoms with Gasteiger partial charge < -0.3 is 14.3 Å². The number of carbonyl (C=O) groups is 1. The average molecular weight is 439 g/mol. The second-order valence-electron chi connectivity index (χ2n) is 6.87. The van der Waals surface area contributed by atoms with Crippen molar-refractivity contribution in [2.45, 2.75) is 31.5 Å². The summed E-state index contributed by atoms with van der Waals surface area (Å²) in [6, 6.07) is 17.0. The highest BCUT2D eigenvalue weighted by Crippen LogP contribution is 2.16. The maximum absolute atomic E-state index is 12.5. The summed E-state index contributed by atoms with van der Waals surface area (Å²) in [6.45, 7) is 3.09. The predicted molar refractivity (Wildman–Crippen MR) is 116 cm³/mol. The van der Waals surface area contributed by atoms with Gasteiger partial charge in [-0.3, -0.25) is 4.79 Å². The number of nitrogens with one attached hydrogen (secondary N) is 2. The molecule has 160 valence electrons. The van der Waals surface area contributed by atoms with Gasteiger partial charge in [0.2, 0.25) is 10.0 Å². The van der Waals surface area contributed by atoms with Crippen LogP contribution >= 0.6 is 0 Å². The standard InChI is InChI=1S/C22H22N4O4S/c1-2-26-20-8-4-3-7-19(20)25-21(26)15-23-22(27)16-9-11-18(12-10-16)31(28,29)24-14-17-6-5-13-30-17/h3-13,24H,2,14-15H2,1H3,(H,23,27). The summed E-state index contributed by atoms with van der Waals surface area (Å²) in [5.74, 6) is 0.971. The molecule has 0 aliphatic carbocycles. The lowest BCUT2D eigenvalue weighted by atomic mass is 10.2. The zero-order valence-electron chi connectivity index (χ0n) is 16.9. The summed E-state index contributed by atoms with van der Waals surface area (Å²) in [6.07, 6.45) is 1.48. The molecule has 0 spiro atoms. The van der Waals surface area contributed by atoms with Crippen LogP contribution in [0.1, 0.15) is 28.9 Å². The van der Waals surface area contributed by atoms with Gasteiger partial charge in [-0.05, 0) is 55.5 Å². The fourth-order valence-corrected chi connectivity index (χ4v) is 4.32. The highest BCUT2D eigenvalue weighted by molar-refractivity contribution is 7.89. The van der Waals surface area contributed by atoms with E-state index in [1.807, 2.05) is 31.2 Å². The number of nitrogens with zero attached hydrogens (tertiary/aromatic N) is 2. The smallest absolute Gasteiger partial charge is 0.251 e. The molecule has 2 aromatic carbocycles. The summed E-state index contributed by atoms with van der Waals surface area (Å²) in [5, 5.41) is 2.85.